The van der Waals surface area contributed by atoms with Crippen LogP contribution in [0.2, 0.25) is 0 Å². The topological polar surface area (TPSA) is 82.1 Å². The fourth-order valence-corrected chi connectivity index (χ4v) is 2.75. The van der Waals surface area contributed by atoms with Crippen molar-refractivity contribution < 1.29 is 28.6 Å². The van der Waals surface area contributed by atoms with E-state index >= 15 is 0 Å². The molecule has 0 aromatic heterocycles. The van der Waals surface area contributed by atoms with Crippen LogP contribution in [0.1, 0.15) is 39.7 Å². The summed E-state index contributed by atoms with van der Waals surface area (Å²) in [4.78, 5) is 38.4. The van der Waals surface area contributed by atoms with Gasteiger partial charge in [-0.1, -0.05) is 30.3 Å². The smallest absolute Gasteiger partial charge is 0.415 e. The van der Waals surface area contributed by atoms with E-state index < -0.39 is 29.7 Å². The van der Waals surface area contributed by atoms with Crippen molar-refractivity contribution in [2.24, 2.45) is 0 Å². The second kappa shape index (κ2) is 8.24. The van der Waals surface area contributed by atoms with Gasteiger partial charge in [-0.3, -0.25) is 4.90 Å². The van der Waals surface area contributed by atoms with Gasteiger partial charge in [0.2, 0.25) is 0 Å². The molecule has 7 nitrogen and oxygen atoms in total. The average Bonchev–Trinajstić information content (AvgIpc) is 2.96. The quantitative estimate of drug-likeness (QED) is 0.594. The van der Waals surface area contributed by atoms with Crippen molar-refractivity contribution in [2.75, 3.05) is 7.11 Å². The number of esters is 2. The molecule has 0 radical (unpaired) electrons. The molecule has 1 aliphatic heterocycles. The molecule has 2 rings (SSSR count). The molecule has 1 aromatic rings. The van der Waals surface area contributed by atoms with Gasteiger partial charge in [0.25, 0.3) is 0 Å². The summed E-state index contributed by atoms with van der Waals surface area (Å²) in [5, 5.41) is 0. The predicted molar refractivity (Wildman–Crippen MR) is 97.4 cm³/mol. The summed E-state index contributed by atoms with van der Waals surface area (Å²) < 4.78 is 15.5. The molecule has 0 unspecified atom stereocenters. The molecule has 146 valence electrons. The van der Waals surface area contributed by atoms with Crippen molar-refractivity contribution in [1.29, 1.82) is 0 Å². The molecule has 1 atom stereocenters. The fraction of sp³-hybridized carbons (Fsp3) is 0.450. The van der Waals surface area contributed by atoms with Crippen LogP contribution in [0, 0.1) is 0 Å². The Morgan fingerprint density at radius 1 is 1.15 bits per heavy atom. The number of hydrogen-bond acceptors (Lipinski definition) is 6. The maximum absolute atomic E-state index is 12.6. The Bertz CT molecular complexity index is 747. The first kappa shape index (κ1) is 20.5. The minimum absolute atomic E-state index is 0.0192. The van der Waals surface area contributed by atoms with Crippen molar-refractivity contribution in [3.8, 4) is 0 Å². The van der Waals surface area contributed by atoms with Crippen LogP contribution >= 0.6 is 0 Å². The third-order valence-corrected chi connectivity index (χ3v) is 4.03. The summed E-state index contributed by atoms with van der Waals surface area (Å²) in [7, 11) is 1.23. The molecule has 0 spiro atoms. The normalized spacial score (nSPS) is 16.9. The number of rotatable bonds is 4. The van der Waals surface area contributed by atoms with Gasteiger partial charge in [-0.2, -0.15) is 0 Å². The van der Waals surface area contributed by atoms with Crippen LogP contribution in [0.5, 0.6) is 0 Å². The summed E-state index contributed by atoms with van der Waals surface area (Å²) in [6.45, 7) is 6.87. The number of hydrogen-bond donors (Lipinski definition) is 0. The SMILES string of the molecule is COC(=O)[C@@H]1CC(C(=O)OCc2ccccc2)=C(C)N1C(=O)OC(C)(C)C. The highest BCUT2D eigenvalue weighted by atomic mass is 16.6. The van der Waals surface area contributed by atoms with Gasteiger partial charge in [-0.05, 0) is 33.3 Å². The van der Waals surface area contributed by atoms with Crippen LogP contribution in [0.15, 0.2) is 41.6 Å². The van der Waals surface area contributed by atoms with E-state index in [0.29, 0.717) is 5.70 Å². The van der Waals surface area contributed by atoms with Gasteiger partial charge in [0.05, 0.1) is 12.7 Å². The van der Waals surface area contributed by atoms with Crippen molar-refractivity contribution >= 4 is 18.0 Å². The van der Waals surface area contributed by atoms with Gasteiger partial charge in [-0.15, -0.1) is 0 Å². The number of ether oxygens (including phenoxy) is 3. The van der Waals surface area contributed by atoms with Gasteiger partial charge in [0.1, 0.15) is 18.2 Å². The zero-order valence-electron chi connectivity index (χ0n) is 16.3. The molecule has 1 aromatic carbocycles. The maximum Gasteiger partial charge on any atom is 0.415 e. The average molecular weight is 375 g/mol. The fourth-order valence-electron chi connectivity index (χ4n) is 2.75. The molecule has 0 aliphatic carbocycles. The summed E-state index contributed by atoms with van der Waals surface area (Å²) in [5.41, 5.74) is 0.690. The molecule has 0 fully saturated rings. The second-order valence-electron chi connectivity index (χ2n) is 7.22. The molecule has 0 bridgehead atoms. The number of carbonyl (C=O) groups excluding carboxylic acids is 3. The van der Waals surface area contributed by atoms with Crippen LogP contribution in [-0.2, 0) is 30.4 Å². The third-order valence-electron chi connectivity index (χ3n) is 4.03. The molecule has 0 saturated carbocycles. The Hall–Kier alpha value is -2.83. The van der Waals surface area contributed by atoms with E-state index in [4.69, 9.17) is 14.2 Å². The molecule has 0 N–H and O–H groups in total. The van der Waals surface area contributed by atoms with Crippen molar-refractivity contribution in [3.63, 3.8) is 0 Å². The maximum atomic E-state index is 12.6. The lowest BCUT2D eigenvalue weighted by molar-refractivity contribution is -0.145. The highest BCUT2D eigenvalue weighted by molar-refractivity contribution is 5.95. The zero-order chi connectivity index (χ0) is 20.2. The van der Waals surface area contributed by atoms with Crippen molar-refractivity contribution in [1.82, 2.24) is 4.90 Å². The predicted octanol–water partition coefficient (Wildman–Crippen LogP) is 3.19. The van der Waals surface area contributed by atoms with Gasteiger partial charge in [-0.25, -0.2) is 14.4 Å². The Labute approximate surface area is 158 Å². The molecule has 1 aliphatic rings. The number of amides is 1. The van der Waals surface area contributed by atoms with Gasteiger partial charge >= 0.3 is 18.0 Å². The van der Waals surface area contributed by atoms with E-state index in [2.05, 4.69) is 0 Å². The lowest BCUT2D eigenvalue weighted by Gasteiger charge is -2.28. The number of allylic oxidation sites excluding steroid dienone is 1. The first-order chi connectivity index (χ1) is 12.6. The minimum atomic E-state index is -0.955. The number of nitrogens with zero attached hydrogens (tertiary/aromatic N) is 1. The van der Waals surface area contributed by atoms with E-state index in [9.17, 15) is 14.4 Å². The molecule has 7 heteroatoms. The molecular weight excluding hydrogens is 350 g/mol. The Balaban J connectivity index is 2.20. The van der Waals surface area contributed by atoms with E-state index in [1.165, 1.54) is 7.11 Å². The summed E-state index contributed by atoms with van der Waals surface area (Å²) in [6, 6.07) is 8.29. The molecule has 0 saturated heterocycles. The van der Waals surface area contributed by atoms with Crippen LogP contribution in [0.3, 0.4) is 0 Å². The van der Waals surface area contributed by atoms with E-state index in [1.54, 1.807) is 27.7 Å². The van der Waals surface area contributed by atoms with Crippen LogP contribution < -0.4 is 0 Å². The highest BCUT2D eigenvalue weighted by Gasteiger charge is 2.43. The second-order valence-corrected chi connectivity index (χ2v) is 7.22. The zero-order valence-corrected chi connectivity index (χ0v) is 16.3. The lowest BCUT2D eigenvalue weighted by Crippen LogP contribution is -2.43. The Kier molecular flexibility index (Phi) is 6.25. The van der Waals surface area contributed by atoms with Crippen LogP contribution in [-0.4, -0.2) is 41.7 Å². The first-order valence-corrected chi connectivity index (χ1v) is 8.65. The first-order valence-electron chi connectivity index (χ1n) is 8.65. The number of benzene rings is 1. The summed E-state index contributed by atoms with van der Waals surface area (Å²) in [5.74, 6) is -1.19. The summed E-state index contributed by atoms with van der Waals surface area (Å²) in [6.07, 6.45) is -0.688. The van der Waals surface area contributed by atoms with Gasteiger partial charge < -0.3 is 14.2 Å². The highest BCUT2D eigenvalue weighted by Crippen LogP contribution is 2.32. The standard InChI is InChI=1S/C20H25NO6/c1-13-15(17(22)26-12-14-9-7-6-8-10-14)11-16(18(23)25-5)21(13)19(24)27-20(2,3)4/h6-10,16H,11-12H2,1-5H3/t16-/m0/s1. The summed E-state index contributed by atoms with van der Waals surface area (Å²) >= 11 is 0. The van der Waals surface area contributed by atoms with Gasteiger partial charge in [0, 0.05) is 12.1 Å². The van der Waals surface area contributed by atoms with Gasteiger partial charge in [0.15, 0.2) is 0 Å². The van der Waals surface area contributed by atoms with Crippen LogP contribution in [0.25, 0.3) is 0 Å². The third kappa shape index (κ3) is 5.09. The van der Waals surface area contributed by atoms with E-state index in [0.717, 1.165) is 10.5 Å². The van der Waals surface area contributed by atoms with E-state index in [-0.39, 0.29) is 18.6 Å². The van der Waals surface area contributed by atoms with Crippen LogP contribution in [0.4, 0.5) is 4.79 Å². The number of carbonyl (C=O) groups is 3. The Morgan fingerprint density at radius 3 is 2.33 bits per heavy atom. The van der Waals surface area contributed by atoms with Crippen molar-refractivity contribution in [2.45, 2.75) is 52.4 Å². The largest absolute Gasteiger partial charge is 0.467 e. The minimum Gasteiger partial charge on any atom is -0.467 e. The Morgan fingerprint density at radius 2 is 1.78 bits per heavy atom. The van der Waals surface area contributed by atoms with E-state index in [1.807, 2.05) is 30.3 Å². The molecule has 1 amide bonds. The number of methoxy groups -OCH3 is 1. The molecular formula is C20H25NO6. The van der Waals surface area contributed by atoms with Crippen molar-refractivity contribution in [3.05, 3.63) is 47.2 Å². The molecule has 27 heavy (non-hydrogen) atoms. The lowest BCUT2D eigenvalue weighted by atomic mass is 10.1. The monoisotopic (exact) mass is 375 g/mol. The molecule has 1 heterocycles.